The zero-order chi connectivity index (χ0) is 11.6. The lowest BCUT2D eigenvalue weighted by Gasteiger charge is -2.15. The smallest absolute Gasteiger partial charge is 0.251 e. The van der Waals surface area contributed by atoms with E-state index in [1.165, 1.54) is 0 Å². The molecular weight excluding hydrogens is 206 g/mol. The molecule has 1 saturated heterocycles. The van der Waals surface area contributed by atoms with E-state index in [0.29, 0.717) is 6.54 Å². The van der Waals surface area contributed by atoms with Gasteiger partial charge in [0.1, 0.15) is 11.6 Å². The minimum absolute atomic E-state index is 0.206. The van der Waals surface area contributed by atoms with Crippen molar-refractivity contribution in [3.63, 3.8) is 0 Å². The van der Waals surface area contributed by atoms with E-state index in [9.17, 15) is 9.59 Å². The Labute approximate surface area is 92.6 Å². The fraction of sp³-hybridized carbons (Fsp3) is 0.273. The standard InChI is InChI=1S/C11H11N3O2/c12-11(6-9(7-15)13-10(11)16)8-14-4-2-1-3-5-14/h1-5H,6,8,12H2/p+1. The average molecular weight is 218 g/mol. The molecule has 1 fully saturated rings. The Balaban J connectivity index is 2.21. The van der Waals surface area contributed by atoms with Gasteiger partial charge in [0.25, 0.3) is 5.91 Å². The molecule has 1 unspecified atom stereocenters. The molecule has 0 bridgehead atoms. The van der Waals surface area contributed by atoms with Gasteiger partial charge in [0, 0.05) is 18.6 Å². The Morgan fingerprint density at radius 1 is 1.44 bits per heavy atom. The fourth-order valence-corrected chi connectivity index (χ4v) is 1.76. The number of nitrogens with zero attached hydrogens (tertiary/aromatic N) is 1. The lowest BCUT2D eigenvalue weighted by molar-refractivity contribution is -0.701. The van der Waals surface area contributed by atoms with E-state index in [4.69, 9.17) is 5.73 Å². The maximum atomic E-state index is 11.6. The second-order valence-corrected chi connectivity index (χ2v) is 3.92. The first-order valence-electron chi connectivity index (χ1n) is 4.92. The van der Waals surface area contributed by atoms with Crippen molar-refractivity contribution in [1.29, 1.82) is 0 Å². The van der Waals surface area contributed by atoms with Gasteiger partial charge in [-0.15, -0.1) is 0 Å². The van der Waals surface area contributed by atoms with Gasteiger partial charge in [-0.25, -0.2) is 9.36 Å². The van der Waals surface area contributed by atoms with Crippen molar-refractivity contribution in [2.24, 2.45) is 5.73 Å². The van der Waals surface area contributed by atoms with E-state index in [2.05, 4.69) is 5.32 Å². The topological polar surface area (TPSA) is 76.1 Å². The maximum absolute atomic E-state index is 11.6. The molecule has 16 heavy (non-hydrogen) atoms. The van der Waals surface area contributed by atoms with E-state index >= 15 is 0 Å². The molecule has 0 radical (unpaired) electrons. The zero-order valence-corrected chi connectivity index (χ0v) is 8.64. The number of pyridine rings is 1. The van der Waals surface area contributed by atoms with E-state index in [-0.39, 0.29) is 18.0 Å². The predicted octanol–water partition coefficient (Wildman–Crippen LogP) is -1.09. The van der Waals surface area contributed by atoms with Crippen LogP contribution in [-0.4, -0.2) is 17.4 Å². The maximum Gasteiger partial charge on any atom is 0.251 e. The van der Waals surface area contributed by atoms with Gasteiger partial charge in [-0.2, -0.15) is 0 Å². The summed E-state index contributed by atoms with van der Waals surface area (Å²) in [7, 11) is 0. The third kappa shape index (κ3) is 1.86. The highest BCUT2D eigenvalue weighted by Crippen LogP contribution is 2.19. The van der Waals surface area contributed by atoms with Gasteiger partial charge in [0.05, 0.1) is 0 Å². The Morgan fingerprint density at radius 3 is 2.69 bits per heavy atom. The Kier molecular flexibility index (Phi) is 2.56. The van der Waals surface area contributed by atoms with Crippen molar-refractivity contribution in [3.05, 3.63) is 36.3 Å². The number of aromatic nitrogens is 1. The molecule has 2 heterocycles. The number of amides is 1. The fourth-order valence-electron chi connectivity index (χ4n) is 1.76. The highest BCUT2D eigenvalue weighted by molar-refractivity contribution is 5.92. The van der Waals surface area contributed by atoms with Crippen LogP contribution in [0.15, 0.2) is 36.3 Å². The van der Waals surface area contributed by atoms with Crippen molar-refractivity contribution in [2.75, 3.05) is 0 Å². The molecule has 0 saturated carbocycles. The largest absolute Gasteiger partial charge is 0.318 e. The van der Waals surface area contributed by atoms with Gasteiger partial charge in [0.15, 0.2) is 24.5 Å². The zero-order valence-electron chi connectivity index (χ0n) is 8.64. The summed E-state index contributed by atoms with van der Waals surface area (Å²) >= 11 is 0. The lowest BCUT2D eigenvalue weighted by atomic mass is 9.98. The van der Waals surface area contributed by atoms with Crippen LogP contribution in [0.2, 0.25) is 0 Å². The van der Waals surface area contributed by atoms with Gasteiger partial charge in [0.2, 0.25) is 0 Å². The second-order valence-electron chi connectivity index (χ2n) is 3.92. The first kappa shape index (κ1) is 10.5. The summed E-state index contributed by atoms with van der Waals surface area (Å²) in [6.07, 6.45) is 3.85. The average Bonchev–Trinajstić information content (AvgIpc) is 2.56. The summed E-state index contributed by atoms with van der Waals surface area (Å²) in [5, 5.41) is 2.43. The summed E-state index contributed by atoms with van der Waals surface area (Å²) < 4.78 is 1.81. The van der Waals surface area contributed by atoms with Crippen molar-refractivity contribution < 1.29 is 14.2 Å². The Hall–Kier alpha value is -1.97. The molecule has 1 aromatic rings. The van der Waals surface area contributed by atoms with Crippen LogP contribution in [0.4, 0.5) is 0 Å². The van der Waals surface area contributed by atoms with Gasteiger partial charge < -0.3 is 11.1 Å². The molecule has 5 nitrogen and oxygen atoms in total. The van der Waals surface area contributed by atoms with E-state index in [1.54, 1.807) is 5.94 Å². The minimum atomic E-state index is -1.06. The van der Waals surface area contributed by atoms with Crippen LogP contribution < -0.4 is 15.6 Å². The van der Waals surface area contributed by atoms with E-state index < -0.39 is 5.54 Å². The summed E-state index contributed by atoms with van der Waals surface area (Å²) in [5.74, 6) is 1.35. The van der Waals surface area contributed by atoms with Crippen LogP contribution >= 0.6 is 0 Å². The van der Waals surface area contributed by atoms with Crippen LogP contribution in [0.5, 0.6) is 0 Å². The molecule has 0 aromatic carbocycles. The molecule has 1 aliphatic heterocycles. The van der Waals surface area contributed by atoms with E-state index in [1.807, 2.05) is 35.2 Å². The third-order valence-electron chi connectivity index (χ3n) is 2.57. The van der Waals surface area contributed by atoms with Gasteiger partial charge in [-0.3, -0.25) is 4.79 Å². The van der Waals surface area contributed by atoms with E-state index in [0.717, 1.165) is 0 Å². The van der Waals surface area contributed by atoms with Crippen LogP contribution in [0.25, 0.3) is 0 Å². The molecule has 1 aromatic heterocycles. The molecule has 1 amide bonds. The van der Waals surface area contributed by atoms with Crippen LogP contribution in [-0.2, 0) is 16.1 Å². The number of nitrogens with one attached hydrogen (secondary N) is 1. The molecule has 1 aliphatic rings. The molecule has 5 heteroatoms. The van der Waals surface area contributed by atoms with Crippen LogP contribution in [0.1, 0.15) is 6.42 Å². The highest BCUT2D eigenvalue weighted by atomic mass is 16.2. The third-order valence-corrected chi connectivity index (χ3v) is 2.57. The summed E-state index contributed by atoms with van der Waals surface area (Å²) in [4.78, 5) is 22.1. The summed E-state index contributed by atoms with van der Waals surface area (Å²) in [6.45, 7) is 0.338. The monoisotopic (exact) mass is 218 g/mol. The quantitative estimate of drug-likeness (QED) is 0.489. The molecule has 0 aliphatic carbocycles. The Bertz CT molecular complexity index is 465. The summed E-state index contributed by atoms with van der Waals surface area (Å²) in [5.41, 5.74) is 5.14. The van der Waals surface area contributed by atoms with Gasteiger partial charge >= 0.3 is 0 Å². The number of rotatable bonds is 2. The number of hydrogen-bond acceptors (Lipinski definition) is 3. The van der Waals surface area contributed by atoms with Crippen molar-refractivity contribution in [3.8, 4) is 0 Å². The number of nitrogens with two attached hydrogens (primary N) is 1. The number of carbonyl (C=O) groups is 1. The van der Waals surface area contributed by atoms with Crippen molar-refractivity contribution in [1.82, 2.24) is 5.32 Å². The molecule has 82 valence electrons. The molecule has 2 rings (SSSR count). The van der Waals surface area contributed by atoms with Gasteiger partial charge in [-0.05, 0) is 0 Å². The predicted molar refractivity (Wildman–Crippen MR) is 55.5 cm³/mol. The summed E-state index contributed by atoms with van der Waals surface area (Å²) in [6, 6.07) is 5.59. The second kappa shape index (κ2) is 3.89. The minimum Gasteiger partial charge on any atom is -0.318 e. The first-order valence-corrected chi connectivity index (χ1v) is 4.92. The molecule has 0 spiro atoms. The van der Waals surface area contributed by atoms with Crippen molar-refractivity contribution in [2.45, 2.75) is 18.5 Å². The first-order chi connectivity index (χ1) is 7.64. The number of carbonyl (C=O) groups excluding carboxylic acids is 2. The SMILES string of the molecule is NC1(C[n+]2ccccc2)CC(=C=O)NC1=O. The van der Waals surface area contributed by atoms with Crippen LogP contribution in [0, 0.1) is 0 Å². The lowest BCUT2D eigenvalue weighted by Crippen LogP contribution is -2.57. The molecule has 3 N–H and O–H groups in total. The normalized spacial score (nSPS) is 24.1. The highest BCUT2D eigenvalue weighted by Gasteiger charge is 2.45. The van der Waals surface area contributed by atoms with Crippen LogP contribution in [0.3, 0.4) is 0 Å². The molecular formula is C11H12N3O2+. The van der Waals surface area contributed by atoms with Crippen molar-refractivity contribution >= 4 is 11.8 Å². The number of hydrogen-bond donors (Lipinski definition) is 2. The Morgan fingerprint density at radius 2 is 2.12 bits per heavy atom. The van der Waals surface area contributed by atoms with Gasteiger partial charge in [-0.1, -0.05) is 6.07 Å². The molecule has 1 atom stereocenters.